The standard InChI is InChI=1S/C17H22N4O4/c1-11(2)24-16-13(5-4-6-18-16)17(23)21-9-14(22)15(10-21)25-12-7-19-20(3)8-12/h4-8,11,14-15,22H,9-10H2,1-3H3/t14-,15-/m1/s1. The molecule has 3 rings (SSSR count). The summed E-state index contributed by atoms with van der Waals surface area (Å²) in [7, 11) is 1.78. The molecule has 0 saturated carbocycles. The minimum atomic E-state index is -0.768. The van der Waals surface area contributed by atoms with E-state index < -0.39 is 12.2 Å². The summed E-state index contributed by atoms with van der Waals surface area (Å²) in [6.07, 6.45) is 3.52. The van der Waals surface area contributed by atoms with Gasteiger partial charge < -0.3 is 19.5 Å². The first-order valence-corrected chi connectivity index (χ1v) is 8.18. The van der Waals surface area contributed by atoms with Gasteiger partial charge in [-0.1, -0.05) is 0 Å². The zero-order valence-electron chi connectivity index (χ0n) is 14.5. The molecule has 8 nitrogen and oxygen atoms in total. The molecule has 1 N–H and O–H groups in total. The number of carbonyl (C=O) groups is 1. The van der Waals surface area contributed by atoms with Crippen LogP contribution in [0.2, 0.25) is 0 Å². The first-order chi connectivity index (χ1) is 11.9. The summed E-state index contributed by atoms with van der Waals surface area (Å²) in [5.74, 6) is 0.625. The molecule has 0 aromatic carbocycles. The summed E-state index contributed by atoms with van der Waals surface area (Å²) in [5, 5.41) is 14.3. The maximum atomic E-state index is 12.8. The molecule has 2 atom stereocenters. The minimum Gasteiger partial charge on any atom is -0.482 e. The number of aromatic nitrogens is 3. The number of aryl methyl sites for hydroxylation is 1. The second kappa shape index (κ2) is 7.10. The second-order valence-electron chi connectivity index (χ2n) is 6.31. The first-order valence-electron chi connectivity index (χ1n) is 8.18. The minimum absolute atomic E-state index is 0.0905. The summed E-state index contributed by atoms with van der Waals surface area (Å²) in [6.45, 7) is 4.23. The SMILES string of the molecule is CC(C)Oc1ncccc1C(=O)N1C[C@@H](O)[C@H](Oc2cnn(C)c2)C1. The number of pyridine rings is 1. The van der Waals surface area contributed by atoms with Gasteiger partial charge in [-0.3, -0.25) is 9.48 Å². The normalized spacial score (nSPS) is 20.1. The van der Waals surface area contributed by atoms with Crippen molar-refractivity contribution >= 4 is 5.91 Å². The molecule has 0 bridgehead atoms. The average Bonchev–Trinajstić information content (AvgIpc) is 3.13. The smallest absolute Gasteiger partial charge is 0.259 e. The Hall–Kier alpha value is -2.61. The van der Waals surface area contributed by atoms with Gasteiger partial charge in [-0.05, 0) is 26.0 Å². The van der Waals surface area contributed by atoms with Gasteiger partial charge in [0.1, 0.15) is 17.8 Å². The Balaban J connectivity index is 1.71. The number of hydrogen-bond acceptors (Lipinski definition) is 6. The lowest BCUT2D eigenvalue weighted by atomic mass is 10.2. The third-order valence-electron chi connectivity index (χ3n) is 3.84. The topological polar surface area (TPSA) is 89.7 Å². The van der Waals surface area contributed by atoms with Gasteiger partial charge in [0.25, 0.3) is 5.91 Å². The summed E-state index contributed by atoms with van der Waals surface area (Å²) in [4.78, 5) is 18.5. The summed E-state index contributed by atoms with van der Waals surface area (Å²) >= 11 is 0. The van der Waals surface area contributed by atoms with Crippen molar-refractivity contribution in [3.8, 4) is 11.6 Å². The molecule has 1 aliphatic heterocycles. The van der Waals surface area contributed by atoms with Gasteiger partial charge in [0.15, 0.2) is 5.75 Å². The van der Waals surface area contributed by atoms with Crippen LogP contribution in [0.15, 0.2) is 30.7 Å². The zero-order chi connectivity index (χ0) is 18.0. The van der Waals surface area contributed by atoms with Crippen LogP contribution in [0.4, 0.5) is 0 Å². The number of carbonyl (C=O) groups excluding carboxylic acids is 1. The number of aliphatic hydroxyl groups excluding tert-OH is 1. The van der Waals surface area contributed by atoms with Gasteiger partial charge in [-0.15, -0.1) is 0 Å². The van der Waals surface area contributed by atoms with Crippen LogP contribution in [0.25, 0.3) is 0 Å². The molecule has 1 fully saturated rings. The van der Waals surface area contributed by atoms with E-state index in [1.807, 2.05) is 13.8 Å². The van der Waals surface area contributed by atoms with Crippen LogP contribution in [0.3, 0.4) is 0 Å². The molecule has 1 saturated heterocycles. The molecule has 1 amide bonds. The Morgan fingerprint density at radius 1 is 1.40 bits per heavy atom. The Bertz CT molecular complexity index is 746. The number of ether oxygens (including phenoxy) is 2. The molecule has 25 heavy (non-hydrogen) atoms. The van der Waals surface area contributed by atoms with Crippen molar-refractivity contribution in [2.24, 2.45) is 7.05 Å². The lowest BCUT2D eigenvalue weighted by Gasteiger charge is -2.18. The number of hydrogen-bond donors (Lipinski definition) is 1. The van der Waals surface area contributed by atoms with Crippen LogP contribution in [0.1, 0.15) is 24.2 Å². The van der Waals surface area contributed by atoms with Gasteiger partial charge in [0, 0.05) is 13.2 Å². The van der Waals surface area contributed by atoms with Gasteiger partial charge in [-0.2, -0.15) is 5.10 Å². The third kappa shape index (κ3) is 3.90. The van der Waals surface area contributed by atoms with E-state index in [2.05, 4.69) is 10.1 Å². The van der Waals surface area contributed by atoms with Crippen molar-refractivity contribution in [3.05, 3.63) is 36.3 Å². The first kappa shape index (κ1) is 17.2. The summed E-state index contributed by atoms with van der Waals surface area (Å²) < 4.78 is 13.0. The largest absolute Gasteiger partial charge is 0.482 e. The van der Waals surface area contributed by atoms with Gasteiger partial charge in [0.2, 0.25) is 5.88 Å². The molecule has 0 radical (unpaired) electrons. The van der Waals surface area contributed by atoms with E-state index in [0.717, 1.165) is 0 Å². The quantitative estimate of drug-likeness (QED) is 0.864. The Morgan fingerprint density at radius 3 is 2.88 bits per heavy atom. The van der Waals surface area contributed by atoms with Crippen molar-refractivity contribution in [3.63, 3.8) is 0 Å². The number of rotatable bonds is 5. The number of likely N-dealkylation sites (tertiary alicyclic amines) is 1. The maximum absolute atomic E-state index is 12.8. The fourth-order valence-electron chi connectivity index (χ4n) is 2.71. The van der Waals surface area contributed by atoms with Crippen molar-refractivity contribution in [2.45, 2.75) is 32.2 Å². The number of β-amino-alcohol motifs (C(OH)–C–C–N with tert-alkyl or cyclic N) is 1. The molecule has 2 aromatic rings. The van der Waals surface area contributed by atoms with Crippen LogP contribution in [-0.2, 0) is 7.05 Å². The second-order valence-corrected chi connectivity index (χ2v) is 6.31. The fourth-order valence-corrected chi connectivity index (χ4v) is 2.71. The monoisotopic (exact) mass is 346 g/mol. The summed E-state index contributed by atoms with van der Waals surface area (Å²) in [5.41, 5.74) is 0.380. The summed E-state index contributed by atoms with van der Waals surface area (Å²) in [6, 6.07) is 3.37. The van der Waals surface area contributed by atoms with Gasteiger partial charge in [-0.25, -0.2) is 4.98 Å². The van der Waals surface area contributed by atoms with Crippen molar-refractivity contribution < 1.29 is 19.4 Å². The van der Waals surface area contributed by atoms with Crippen molar-refractivity contribution in [1.82, 2.24) is 19.7 Å². The van der Waals surface area contributed by atoms with E-state index in [0.29, 0.717) is 17.2 Å². The average molecular weight is 346 g/mol. The molecule has 8 heteroatoms. The van der Waals surface area contributed by atoms with Gasteiger partial charge in [0.05, 0.1) is 31.6 Å². The number of aliphatic hydroxyl groups is 1. The van der Waals surface area contributed by atoms with Crippen LogP contribution < -0.4 is 9.47 Å². The predicted octanol–water partition coefficient (Wildman–Crippen LogP) is 0.867. The molecule has 0 spiro atoms. The van der Waals surface area contributed by atoms with E-state index >= 15 is 0 Å². The molecule has 134 valence electrons. The highest BCUT2D eigenvalue weighted by molar-refractivity contribution is 5.96. The van der Waals surface area contributed by atoms with E-state index in [-0.39, 0.29) is 25.1 Å². The molecule has 2 aromatic heterocycles. The number of amides is 1. The Kier molecular flexibility index (Phi) is 4.89. The third-order valence-corrected chi connectivity index (χ3v) is 3.84. The lowest BCUT2D eigenvalue weighted by molar-refractivity contribution is 0.0727. The molecular formula is C17H22N4O4. The van der Waals surface area contributed by atoms with E-state index in [1.54, 1.807) is 47.4 Å². The predicted molar refractivity (Wildman–Crippen MR) is 89.5 cm³/mol. The lowest BCUT2D eigenvalue weighted by Crippen LogP contribution is -2.31. The van der Waals surface area contributed by atoms with Crippen molar-refractivity contribution in [1.29, 1.82) is 0 Å². The Labute approximate surface area is 146 Å². The van der Waals surface area contributed by atoms with Crippen LogP contribution >= 0.6 is 0 Å². The molecule has 0 unspecified atom stereocenters. The fraction of sp³-hybridized carbons (Fsp3) is 0.471. The van der Waals surface area contributed by atoms with Gasteiger partial charge >= 0.3 is 0 Å². The van der Waals surface area contributed by atoms with Crippen molar-refractivity contribution in [2.75, 3.05) is 13.1 Å². The van der Waals surface area contributed by atoms with E-state index in [4.69, 9.17) is 9.47 Å². The van der Waals surface area contributed by atoms with Crippen LogP contribution in [-0.4, -0.2) is 62.1 Å². The zero-order valence-corrected chi connectivity index (χ0v) is 14.5. The highest BCUT2D eigenvalue weighted by atomic mass is 16.5. The molecule has 3 heterocycles. The van der Waals surface area contributed by atoms with Crippen LogP contribution in [0, 0.1) is 0 Å². The molecule has 0 aliphatic carbocycles. The van der Waals surface area contributed by atoms with E-state index in [1.165, 1.54) is 0 Å². The van der Waals surface area contributed by atoms with E-state index in [9.17, 15) is 9.90 Å². The highest BCUT2D eigenvalue weighted by Gasteiger charge is 2.37. The molecule has 1 aliphatic rings. The van der Waals surface area contributed by atoms with Crippen LogP contribution in [0.5, 0.6) is 11.6 Å². The maximum Gasteiger partial charge on any atom is 0.259 e. The number of nitrogens with zero attached hydrogens (tertiary/aromatic N) is 4. The molecular weight excluding hydrogens is 324 g/mol. The highest BCUT2D eigenvalue weighted by Crippen LogP contribution is 2.23. The Morgan fingerprint density at radius 2 is 2.20 bits per heavy atom.